The van der Waals surface area contributed by atoms with Crippen molar-refractivity contribution in [3.05, 3.63) is 75.1 Å². The number of aryl methyl sites for hydroxylation is 3. The smallest absolute Gasteiger partial charge is 0.134 e. The first-order valence-electron chi connectivity index (χ1n) is 8.35. The van der Waals surface area contributed by atoms with Crippen molar-refractivity contribution in [3.63, 3.8) is 0 Å². The van der Waals surface area contributed by atoms with Gasteiger partial charge in [-0.25, -0.2) is 4.98 Å². The average molecular weight is 344 g/mol. The molecule has 1 aromatic heterocycles. The summed E-state index contributed by atoms with van der Waals surface area (Å²) in [5.41, 5.74) is 7.45. The van der Waals surface area contributed by atoms with Gasteiger partial charge in [0, 0.05) is 10.9 Å². The van der Waals surface area contributed by atoms with Crippen molar-refractivity contribution >= 4 is 23.0 Å². The molecular weight excluding hydrogens is 324 g/mol. The maximum atomic E-state index is 9.55. The van der Waals surface area contributed by atoms with E-state index >= 15 is 0 Å². The van der Waals surface area contributed by atoms with Gasteiger partial charge in [0.25, 0.3) is 0 Å². The molecule has 0 aliphatic rings. The minimum Gasteiger partial charge on any atom is -0.235 e. The van der Waals surface area contributed by atoms with E-state index < -0.39 is 0 Å². The van der Waals surface area contributed by atoms with Crippen LogP contribution in [0, 0.1) is 25.2 Å². The summed E-state index contributed by atoms with van der Waals surface area (Å²) in [6.45, 7) is 6.34. The van der Waals surface area contributed by atoms with Crippen LogP contribution in [-0.4, -0.2) is 4.98 Å². The van der Waals surface area contributed by atoms with Gasteiger partial charge in [0.1, 0.15) is 11.1 Å². The van der Waals surface area contributed by atoms with Crippen LogP contribution in [0.15, 0.2) is 47.8 Å². The third-order valence-corrected chi connectivity index (χ3v) is 5.23. The summed E-state index contributed by atoms with van der Waals surface area (Å²) in [4.78, 5) is 4.68. The lowest BCUT2D eigenvalue weighted by Crippen LogP contribution is -1.86. The maximum Gasteiger partial charge on any atom is 0.134 e. The van der Waals surface area contributed by atoms with Gasteiger partial charge in [0.2, 0.25) is 0 Å². The van der Waals surface area contributed by atoms with E-state index in [9.17, 15) is 5.26 Å². The fraction of sp³-hybridized carbons (Fsp3) is 0.182. The molecule has 0 aliphatic carbocycles. The van der Waals surface area contributed by atoms with E-state index in [1.54, 1.807) is 0 Å². The molecule has 0 atom stereocenters. The number of nitriles is 1. The highest BCUT2D eigenvalue weighted by Gasteiger charge is 2.10. The maximum absolute atomic E-state index is 9.55. The van der Waals surface area contributed by atoms with Gasteiger partial charge < -0.3 is 0 Å². The minimum atomic E-state index is 0.601. The van der Waals surface area contributed by atoms with Crippen LogP contribution in [0.2, 0.25) is 0 Å². The number of allylic oxidation sites excluding steroid dienone is 1. The Kier molecular flexibility index (Phi) is 5.11. The Balaban J connectivity index is 1.91. The van der Waals surface area contributed by atoms with E-state index in [-0.39, 0.29) is 0 Å². The number of hydrogen-bond acceptors (Lipinski definition) is 3. The summed E-state index contributed by atoms with van der Waals surface area (Å²) in [6.07, 6.45) is 2.92. The first kappa shape index (κ1) is 17.1. The van der Waals surface area contributed by atoms with Gasteiger partial charge in [-0.2, -0.15) is 5.26 Å². The summed E-state index contributed by atoms with van der Waals surface area (Å²) in [5.74, 6) is 0. The molecule has 0 spiro atoms. The fourth-order valence-electron chi connectivity index (χ4n) is 2.59. The van der Waals surface area contributed by atoms with Crippen molar-refractivity contribution in [1.29, 1.82) is 5.26 Å². The molecule has 0 fully saturated rings. The van der Waals surface area contributed by atoms with Crippen molar-refractivity contribution in [2.45, 2.75) is 27.2 Å². The summed E-state index contributed by atoms with van der Waals surface area (Å²) in [6, 6.07) is 16.9. The third-order valence-electron chi connectivity index (χ3n) is 4.36. The van der Waals surface area contributed by atoms with Crippen LogP contribution in [0.3, 0.4) is 0 Å². The molecule has 0 unspecified atom stereocenters. The third kappa shape index (κ3) is 3.87. The van der Waals surface area contributed by atoms with E-state index in [4.69, 9.17) is 0 Å². The molecule has 124 valence electrons. The molecule has 0 saturated heterocycles. The normalized spacial score (nSPS) is 11.4. The topological polar surface area (TPSA) is 36.7 Å². The van der Waals surface area contributed by atoms with Crippen LogP contribution in [-0.2, 0) is 6.42 Å². The molecule has 0 saturated carbocycles. The largest absolute Gasteiger partial charge is 0.235 e. The SMILES string of the molecule is CCc1ccc(/C=C(\C#N)c2nc(-c3ccc(C)c(C)c3)cs2)cc1. The van der Waals surface area contributed by atoms with Crippen molar-refractivity contribution in [2.75, 3.05) is 0 Å². The first-order chi connectivity index (χ1) is 12.1. The summed E-state index contributed by atoms with van der Waals surface area (Å²) in [5, 5.41) is 12.3. The molecule has 25 heavy (non-hydrogen) atoms. The minimum absolute atomic E-state index is 0.601. The molecule has 0 N–H and O–H groups in total. The van der Waals surface area contributed by atoms with Crippen LogP contribution in [0.4, 0.5) is 0 Å². The van der Waals surface area contributed by atoms with Crippen LogP contribution in [0.5, 0.6) is 0 Å². The Morgan fingerprint density at radius 1 is 1.12 bits per heavy atom. The second-order valence-electron chi connectivity index (χ2n) is 6.10. The summed E-state index contributed by atoms with van der Waals surface area (Å²) in [7, 11) is 0. The first-order valence-corrected chi connectivity index (χ1v) is 9.23. The number of benzene rings is 2. The zero-order chi connectivity index (χ0) is 17.8. The molecular formula is C22H20N2S. The number of hydrogen-bond donors (Lipinski definition) is 0. The number of nitrogens with zero attached hydrogens (tertiary/aromatic N) is 2. The number of thiazole rings is 1. The van der Waals surface area contributed by atoms with Gasteiger partial charge in [-0.3, -0.25) is 0 Å². The van der Waals surface area contributed by atoms with E-state index in [0.29, 0.717) is 5.57 Å². The highest BCUT2D eigenvalue weighted by molar-refractivity contribution is 7.11. The van der Waals surface area contributed by atoms with E-state index in [1.165, 1.54) is 28.0 Å². The second-order valence-corrected chi connectivity index (χ2v) is 6.96. The highest BCUT2D eigenvalue weighted by atomic mass is 32.1. The number of aromatic nitrogens is 1. The summed E-state index contributed by atoms with van der Waals surface area (Å²) < 4.78 is 0. The van der Waals surface area contributed by atoms with Gasteiger partial charge in [-0.1, -0.05) is 43.3 Å². The van der Waals surface area contributed by atoms with E-state index in [2.05, 4.69) is 62.2 Å². The van der Waals surface area contributed by atoms with Crippen molar-refractivity contribution in [3.8, 4) is 17.3 Å². The molecule has 3 aromatic rings. The molecule has 3 heteroatoms. The number of rotatable bonds is 4. The molecule has 2 nitrogen and oxygen atoms in total. The predicted octanol–water partition coefficient (Wildman–Crippen LogP) is 6.05. The molecule has 0 radical (unpaired) electrons. The zero-order valence-electron chi connectivity index (χ0n) is 14.7. The predicted molar refractivity (Wildman–Crippen MR) is 106 cm³/mol. The average Bonchev–Trinajstić information content (AvgIpc) is 3.12. The highest BCUT2D eigenvalue weighted by Crippen LogP contribution is 2.28. The lowest BCUT2D eigenvalue weighted by molar-refractivity contribution is 1.14. The van der Waals surface area contributed by atoms with Crippen molar-refractivity contribution < 1.29 is 0 Å². The van der Waals surface area contributed by atoms with Gasteiger partial charge in [-0.05, 0) is 54.7 Å². The summed E-state index contributed by atoms with van der Waals surface area (Å²) >= 11 is 1.51. The van der Waals surface area contributed by atoms with Crippen molar-refractivity contribution in [2.24, 2.45) is 0 Å². The second kappa shape index (κ2) is 7.46. The quantitative estimate of drug-likeness (QED) is 0.540. The van der Waals surface area contributed by atoms with Gasteiger partial charge in [0.15, 0.2) is 0 Å². The van der Waals surface area contributed by atoms with E-state index in [0.717, 1.165) is 28.2 Å². The Morgan fingerprint density at radius 2 is 1.88 bits per heavy atom. The standard InChI is InChI=1S/C22H20N2S/c1-4-17-6-8-18(9-7-17)12-20(13-23)22-24-21(14-25-22)19-10-5-15(2)16(3)11-19/h5-12,14H,4H2,1-3H3/b20-12+. The van der Waals surface area contributed by atoms with Crippen molar-refractivity contribution in [1.82, 2.24) is 4.98 Å². The molecule has 0 aliphatic heterocycles. The lowest BCUT2D eigenvalue weighted by Gasteiger charge is -2.02. The Bertz CT molecular complexity index is 956. The van der Waals surface area contributed by atoms with Crippen LogP contribution in [0.25, 0.3) is 22.9 Å². The molecule has 1 heterocycles. The molecule has 2 aromatic carbocycles. The lowest BCUT2D eigenvalue weighted by atomic mass is 10.0. The Hall–Kier alpha value is -2.70. The fourth-order valence-corrected chi connectivity index (χ4v) is 3.38. The van der Waals surface area contributed by atoms with E-state index in [1.807, 2.05) is 23.6 Å². The monoisotopic (exact) mass is 344 g/mol. The molecule has 3 rings (SSSR count). The van der Waals surface area contributed by atoms with Crippen LogP contribution in [0.1, 0.15) is 34.2 Å². The van der Waals surface area contributed by atoms with Gasteiger partial charge in [-0.15, -0.1) is 11.3 Å². The Labute approximate surface area is 153 Å². The zero-order valence-corrected chi connectivity index (χ0v) is 15.5. The molecule has 0 bridgehead atoms. The van der Waals surface area contributed by atoms with Gasteiger partial charge >= 0.3 is 0 Å². The van der Waals surface area contributed by atoms with Gasteiger partial charge in [0.05, 0.1) is 11.3 Å². The van der Waals surface area contributed by atoms with Crippen LogP contribution >= 0.6 is 11.3 Å². The Morgan fingerprint density at radius 3 is 2.52 bits per heavy atom. The molecule has 0 amide bonds. The van der Waals surface area contributed by atoms with Crippen LogP contribution < -0.4 is 0 Å².